The first-order chi connectivity index (χ1) is 6.63. The fourth-order valence-electron chi connectivity index (χ4n) is 0.892. The Hall–Kier alpha value is -1.44. The van der Waals surface area contributed by atoms with E-state index >= 15 is 0 Å². The van der Waals surface area contributed by atoms with Crippen molar-refractivity contribution in [3.8, 4) is 5.75 Å². The smallest absolute Gasteiger partial charge is 0.546 e. The Labute approximate surface area is 98.4 Å². The first-order valence-corrected chi connectivity index (χ1v) is 3.81. The van der Waals surface area contributed by atoms with Gasteiger partial charge < -0.3 is 20.4 Å². The van der Waals surface area contributed by atoms with Crippen molar-refractivity contribution < 1.29 is 38.3 Å². The fourth-order valence-corrected chi connectivity index (χ4v) is 0.892. The van der Waals surface area contributed by atoms with Gasteiger partial charge in [0.15, 0.2) is 6.29 Å². The van der Waals surface area contributed by atoms with Crippen LogP contribution >= 0.6 is 0 Å². The van der Waals surface area contributed by atoms with E-state index in [4.69, 9.17) is 10.5 Å². The van der Waals surface area contributed by atoms with E-state index in [1.165, 1.54) is 18.2 Å². The largest absolute Gasteiger partial charge is 1.00 e. The minimum atomic E-state index is -1.32. The van der Waals surface area contributed by atoms with E-state index in [2.05, 4.69) is 0 Å². The first-order valence-electron chi connectivity index (χ1n) is 3.81. The van der Waals surface area contributed by atoms with Crippen molar-refractivity contribution in [2.45, 2.75) is 0 Å². The van der Waals surface area contributed by atoms with E-state index in [-0.39, 0.29) is 30.3 Å². The summed E-state index contributed by atoms with van der Waals surface area (Å²) in [5.41, 5.74) is 6.05. The molecule has 0 bridgehead atoms. The molecule has 0 spiro atoms. The number of hydrogen-bond acceptors (Lipinski definition) is 5. The van der Waals surface area contributed by atoms with Crippen molar-refractivity contribution in [2.75, 3.05) is 12.3 Å². The van der Waals surface area contributed by atoms with Crippen molar-refractivity contribution in [3.63, 3.8) is 0 Å². The molecule has 15 heavy (non-hydrogen) atoms. The third-order valence-electron chi connectivity index (χ3n) is 1.54. The number of rotatable bonds is 4. The molecule has 0 saturated heterocycles. The van der Waals surface area contributed by atoms with Gasteiger partial charge in [0.25, 0.3) is 0 Å². The molecule has 2 N–H and O–H groups in total. The molecule has 0 aliphatic heterocycles. The third kappa shape index (κ3) is 4.06. The normalized spacial score (nSPS) is 8.80. The molecule has 5 nitrogen and oxygen atoms in total. The van der Waals surface area contributed by atoms with Gasteiger partial charge in [0.2, 0.25) is 0 Å². The van der Waals surface area contributed by atoms with Crippen molar-refractivity contribution in [1.29, 1.82) is 0 Å². The molecule has 0 aliphatic rings. The Morgan fingerprint density at radius 1 is 1.53 bits per heavy atom. The van der Waals surface area contributed by atoms with Crippen LogP contribution in [-0.4, -0.2) is 18.9 Å². The predicted molar refractivity (Wildman–Crippen MR) is 46.7 cm³/mol. The zero-order valence-electron chi connectivity index (χ0n) is 8.23. The van der Waals surface area contributed by atoms with Crippen molar-refractivity contribution >= 4 is 17.9 Å². The number of nitrogen functional groups attached to an aromatic ring is 1. The minimum absolute atomic E-state index is 0. The molecule has 0 amide bonds. The molecule has 0 atom stereocenters. The second kappa shape index (κ2) is 6.12. The van der Waals surface area contributed by atoms with E-state index in [0.29, 0.717) is 11.8 Å². The third-order valence-corrected chi connectivity index (χ3v) is 1.54. The quantitative estimate of drug-likeness (QED) is 0.306. The monoisotopic (exact) mass is 201 g/mol. The summed E-state index contributed by atoms with van der Waals surface area (Å²) >= 11 is 0. The number of carbonyl (C=O) groups excluding carboxylic acids is 2. The molecule has 0 fully saturated rings. The topological polar surface area (TPSA) is 92.4 Å². The molecule has 1 aromatic rings. The van der Waals surface area contributed by atoms with Gasteiger partial charge in [-0.1, -0.05) is 0 Å². The number of carboxylic acid groups (broad SMARTS) is 1. The number of nitrogens with two attached hydrogens (primary N) is 1. The van der Waals surface area contributed by atoms with Gasteiger partial charge in [0, 0.05) is 17.3 Å². The summed E-state index contributed by atoms with van der Waals surface area (Å²) in [6.45, 7) is -0.542. The zero-order valence-corrected chi connectivity index (χ0v) is 8.23. The number of carboxylic acids is 1. The van der Waals surface area contributed by atoms with Gasteiger partial charge in [0.05, 0.1) is 5.97 Å². The Kier molecular flexibility index (Phi) is 5.53. The molecule has 6 heteroatoms. The number of aldehydes is 1. The van der Waals surface area contributed by atoms with Gasteiger partial charge in [-0.3, -0.25) is 4.79 Å². The van der Waals surface area contributed by atoms with Crippen LogP contribution in [-0.2, 0) is 4.79 Å². The number of benzene rings is 1. The Morgan fingerprint density at radius 2 is 2.20 bits per heavy atom. The average molecular weight is 201 g/mol. The van der Waals surface area contributed by atoms with Gasteiger partial charge >= 0.3 is 18.9 Å². The van der Waals surface area contributed by atoms with E-state index < -0.39 is 12.6 Å². The van der Waals surface area contributed by atoms with Crippen LogP contribution in [0.3, 0.4) is 0 Å². The Balaban J connectivity index is 0.00000196. The number of aliphatic carboxylic acids is 1. The van der Waals surface area contributed by atoms with E-state index in [1.54, 1.807) is 0 Å². The summed E-state index contributed by atoms with van der Waals surface area (Å²) in [5.74, 6) is -1.03. The maximum atomic E-state index is 10.4. The van der Waals surface area contributed by atoms with E-state index in [9.17, 15) is 14.7 Å². The Morgan fingerprint density at radius 3 is 2.67 bits per heavy atom. The molecule has 0 unspecified atom stereocenters. The number of carbonyl (C=O) groups is 2. The van der Waals surface area contributed by atoms with Crippen LogP contribution in [0.5, 0.6) is 5.75 Å². The van der Waals surface area contributed by atoms with Crippen LogP contribution in [0.4, 0.5) is 5.69 Å². The first kappa shape index (κ1) is 13.6. The molecular formula is C9H8LiNO4. The van der Waals surface area contributed by atoms with E-state index in [0.717, 1.165) is 0 Å². The van der Waals surface area contributed by atoms with Gasteiger partial charge in [-0.25, -0.2) is 0 Å². The van der Waals surface area contributed by atoms with E-state index in [1.807, 2.05) is 0 Å². The van der Waals surface area contributed by atoms with Crippen LogP contribution in [0.15, 0.2) is 18.2 Å². The molecule has 74 valence electrons. The molecule has 0 saturated carbocycles. The summed E-state index contributed by atoms with van der Waals surface area (Å²) in [6.07, 6.45) is 0.609. The molecule has 1 rings (SSSR count). The summed E-state index contributed by atoms with van der Waals surface area (Å²) in [5, 5.41) is 10.1. The number of ether oxygens (including phenoxy) is 1. The second-order valence-electron chi connectivity index (χ2n) is 2.57. The Bertz CT molecular complexity index is 367. The van der Waals surface area contributed by atoms with Crippen molar-refractivity contribution in [3.05, 3.63) is 23.8 Å². The van der Waals surface area contributed by atoms with Crippen molar-refractivity contribution in [2.24, 2.45) is 0 Å². The van der Waals surface area contributed by atoms with Crippen molar-refractivity contribution in [1.82, 2.24) is 0 Å². The molecular weight excluding hydrogens is 193 g/mol. The molecule has 0 aromatic heterocycles. The zero-order chi connectivity index (χ0) is 10.6. The second-order valence-corrected chi connectivity index (χ2v) is 2.57. The van der Waals surface area contributed by atoms with Crippen LogP contribution in [0.25, 0.3) is 0 Å². The molecule has 0 radical (unpaired) electrons. The fraction of sp³-hybridized carbons (Fsp3) is 0.111. The van der Waals surface area contributed by atoms with Gasteiger partial charge in [-0.05, 0) is 12.1 Å². The summed E-state index contributed by atoms with van der Waals surface area (Å²) in [7, 11) is 0. The van der Waals surface area contributed by atoms with Gasteiger partial charge in [-0.15, -0.1) is 0 Å². The molecule has 0 aliphatic carbocycles. The molecule has 0 heterocycles. The molecule has 1 aromatic carbocycles. The average Bonchev–Trinajstić information content (AvgIpc) is 2.15. The van der Waals surface area contributed by atoms with Crippen LogP contribution < -0.4 is 34.4 Å². The van der Waals surface area contributed by atoms with Crippen LogP contribution in [0, 0.1) is 0 Å². The number of hydrogen-bond donors (Lipinski definition) is 1. The number of anilines is 1. The van der Waals surface area contributed by atoms with Gasteiger partial charge in [0.1, 0.15) is 12.4 Å². The summed E-state index contributed by atoms with van der Waals surface area (Å²) < 4.78 is 4.79. The SMILES string of the molecule is Nc1cc(OCC(=O)[O-])ccc1C=O.[Li+]. The maximum Gasteiger partial charge on any atom is 1.00 e. The predicted octanol–water partition coefficient (Wildman–Crippen LogP) is -3.79. The van der Waals surface area contributed by atoms with Crippen LogP contribution in [0.1, 0.15) is 10.4 Å². The summed E-state index contributed by atoms with van der Waals surface area (Å²) in [4.78, 5) is 20.4. The minimum Gasteiger partial charge on any atom is -0.546 e. The van der Waals surface area contributed by atoms with Gasteiger partial charge in [-0.2, -0.15) is 0 Å². The standard InChI is InChI=1S/C9H9NO4.Li/c10-8-3-7(14-5-9(12)13)2-1-6(8)4-11;/h1-4H,5,10H2,(H,12,13);/q;+1/p-1. The summed E-state index contributed by atoms with van der Waals surface area (Å²) in [6, 6.07) is 4.29. The maximum absolute atomic E-state index is 10.4. The van der Waals surface area contributed by atoms with Crippen LogP contribution in [0.2, 0.25) is 0 Å².